The molecule has 2 N–H and O–H groups in total. The Morgan fingerprint density at radius 3 is 2.74 bits per heavy atom. The van der Waals surface area contributed by atoms with Crippen LogP contribution in [0.2, 0.25) is 0 Å². The van der Waals surface area contributed by atoms with Gasteiger partial charge in [-0.15, -0.1) is 11.8 Å². The molecule has 2 aromatic rings. The summed E-state index contributed by atoms with van der Waals surface area (Å²) in [7, 11) is 0. The van der Waals surface area contributed by atoms with E-state index in [4.69, 9.17) is 10.5 Å². The van der Waals surface area contributed by atoms with Gasteiger partial charge in [0.1, 0.15) is 10.7 Å². The van der Waals surface area contributed by atoms with E-state index in [1.807, 2.05) is 11.2 Å². The number of ether oxygens (including phenoxy) is 2. The van der Waals surface area contributed by atoms with E-state index in [0.29, 0.717) is 36.4 Å². The molecule has 2 aliphatic rings. The van der Waals surface area contributed by atoms with Crippen molar-refractivity contribution in [3.63, 3.8) is 0 Å². The summed E-state index contributed by atoms with van der Waals surface area (Å²) in [4.78, 5) is 33.0. The lowest BCUT2D eigenvalue weighted by Gasteiger charge is -2.33. The van der Waals surface area contributed by atoms with Gasteiger partial charge in [-0.2, -0.15) is 8.78 Å². The number of piperazine rings is 1. The third-order valence-electron chi connectivity index (χ3n) is 5.13. The number of hydrogen-bond acceptors (Lipinski definition) is 10. The van der Waals surface area contributed by atoms with Crippen LogP contribution in [0.3, 0.4) is 0 Å². The van der Waals surface area contributed by atoms with Gasteiger partial charge >= 0.3 is 12.7 Å². The SMILES string of the molecule is CCOC(=O)N1C[C@@H]2C[C@H]1CN2c1nc(SC)cc(-c2cnc(N)c(OC(F)F)n2)n1. The maximum absolute atomic E-state index is 12.6. The summed E-state index contributed by atoms with van der Waals surface area (Å²) in [5.74, 6) is -0.212. The fourth-order valence-corrected chi connectivity index (χ4v) is 4.20. The fraction of sp³-hybridized carbons (Fsp3) is 0.500. The molecule has 4 heterocycles. The van der Waals surface area contributed by atoms with Gasteiger partial charge in [0.25, 0.3) is 5.88 Å². The fourth-order valence-electron chi connectivity index (χ4n) is 3.79. The van der Waals surface area contributed by atoms with E-state index in [0.717, 1.165) is 6.42 Å². The minimum atomic E-state index is -3.07. The predicted octanol–water partition coefficient (Wildman–Crippen LogP) is 2.26. The van der Waals surface area contributed by atoms with Crippen molar-refractivity contribution in [3.05, 3.63) is 12.3 Å². The molecule has 2 bridgehead atoms. The first-order valence-electron chi connectivity index (χ1n) is 9.60. The van der Waals surface area contributed by atoms with Crippen LogP contribution in [-0.4, -0.2) is 75.6 Å². The van der Waals surface area contributed by atoms with E-state index in [1.165, 1.54) is 18.0 Å². The van der Waals surface area contributed by atoms with Crippen molar-refractivity contribution in [2.45, 2.75) is 37.1 Å². The van der Waals surface area contributed by atoms with Gasteiger partial charge in [0.15, 0.2) is 5.82 Å². The van der Waals surface area contributed by atoms with Gasteiger partial charge in [0.2, 0.25) is 5.95 Å². The number of thioether (sulfide) groups is 1. The lowest BCUT2D eigenvalue weighted by Crippen LogP contribution is -2.49. The molecule has 2 aliphatic heterocycles. The average molecular weight is 453 g/mol. The van der Waals surface area contributed by atoms with Crippen LogP contribution in [0.25, 0.3) is 11.4 Å². The number of halogens is 2. The van der Waals surface area contributed by atoms with Gasteiger partial charge in [0, 0.05) is 13.1 Å². The summed E-state index contributed by atoms with van der Waals surface area (Å²) < 4.78 is 34.7. The second-order valence-electron chi connectivity index (χ2n) is 6.97. The zero-order valence-electron chi connectivity index (χ0n) is 16.9. The van der Waals surface area contributed by atoms with Gasteiger partial charge in [-0.1, -0.05) is 0 Å². The summed E-state index contributed by atoms with van der Waals surface area (Å²) in [6.07, 6.45) is 3.71. The van der Waals surface area contributed by atoms with Crippen LogP contribution in [0.1, 0.15) is 13.3 Å². The number of carbonyl (C=O) groups excluding carboxylic acids is 1. The molecule has 4 rings (SSSR count). The first-order chi connectivity index (χ1) is 14.9. The Hall–Kier alpha value is -2.96. The van der Waals surface area contributed by atoms with E-state index in [2.05, 4.69) is 24.7 Å². The number of nitrogen functional groups attached to an aromatic ring is 1. The molecule has 2 saturated heterocycles. The Morgan fingerprint density at radius 2 is 2.10 bits per heavy atom. The van der Waals surface area contributed by atoms with Gasteiger partial charge in [-0.3, -0.25) is 0 Å². The number of likely N-dealkylation sites (tertiary alicyclic amines) is 1. The molecule has 166 valence electrons. The highest BCUT2D eigenvalue weighted by atomic mass is 32.2. The average Bonchev–Trinajstić information content (AvgIpc) is 3.36. The van der Waals surface area contributed by atoms with E-state index < -0.39 is 12.5 Å². The lowest BCUT2D eigenvalue weighted by atomic mass is 10.2. The first-order valence-corrected chi connectivity index (χ1v) is 10.8. The molecule has 0 saturated carbocycles. The molecule has 10 nitrogen and oxygen atoms in total. The molecule has 0 unspecified atom stereocenters. The molecule has 1 amide bonds. The minimum Gasteiger partial charge on any atom is -0.450 e. The number of rotatable bonds is 6. The molecule has 0 aliphatic carbocycles. The number of aromatic nitrogens is 4. The van der Waals surface area contributed by atoms with Gasteiger partial charge in [-0.25, -0.2) is 24.7 Å². The minimum absolute atomic E-state index is 0.0244. The summed E-state index contributed by atoms with van der Waals surface area (Å²) in [6.45, 7) is 0.142. The number of anilines is 2. The highest BCUT2D eigenvalue weighted by molar-refractivity contribution is 7.98. The zero-order chi connectivity index (χ0) is 22.1. The molecule has 0 radical (unpaired) electrons. The second-order valence-corrected chi connectivity index (χ2v) is 7.79. The maximum atomic E-state index is 12.6. The Bertz CT molecular complexity index is 983. The summed E-state index contributed by atoms with van der Waals surface area (Å²) in [5.41, 5.74) is 6.23. The van der Waals surface area contributed by atoms with E-state index >= 15 is 0 Å². The van der Waals surface area contributed by atoms with E-state index in [-0.39, 0.29) is 29.7 Å². The van der Waals surface area contributed by atoms with Gasteiger partial charge < -0.3 is 25.0 Å². The first kappa shape index (κ1) is 21.3. The van der Waals surface area contributed by atoms with Crippen LogP contribution >= 0.6 is 11.8 Å². The molecular formula is C18H21F2N7O3S. The second kappa shape index (κ2) is 8.65. The predicted molar refractivity (Wildman–Crippen MR) is 109 cm³/mol. The largest absolute Gasteiger partial charge is 0.450 e. The zero-order valence-corrected chi connectivity index (χ0v) is 17.7. The molecule has 2 atom stereocenters. The highest BCUT2D eigenvalue weighted by Crippen LogP contribution is 2.35. The molecule has 0 spiro atoms. The maximum Gasteiger partial charge on any atom is 0.410 e. The Morgan fingerprint density at radius 1 is 1.29 bits per heavy atom. The van der Waals surface area contributed by atoms with E-state index in [9.17, 15) is 13.6 Å². The van der Waals surface area contributed by atoms with Crippen LogP contribution in [0.4, 0.5) is 25.3 Å². The number of fused-ring (bicyclic) bond motifs is 2. The number of hydrogen-bond donors (Lipinski definition) is 1. The third-order valence-corrected chi connectivity index (χ3v) is 5.76. The van der Waals surface area contributed by atoms with Crippen molar-refractivity contribution in [2.75, 3.05) is 36.6 Å². The van der Waals surface area contributed by atoms with Crippen molar-refractivity contribution in [2.24, 2.45) is 0 Å². The van der Waals surface area contributed by atoms with E-state index in [1.54, 1.807) is 17.9 Å². The van der Waals surface area contributed by atoms with Gasteiger partial charge in [-0.05, 0) is 25.7 Å². The summed E-state index contributed by atoms with van der Waals surface area (Å²) in [6, 6.07) is 1.78. The molecule has 2 fully saturated rings. The topological polar surface area (TPSA) is 120 Å². The van der Waals surface area contributed by atoms with Crippen molar-refractivity contribution in [3.8, 4) is 17.3 Å². The molecule has 13 heteroatoms. The van der Waals surface area contributed by atoms with Crippen LogP contribution in [0.15, 0.2) is 17.3 Å². The number of nitrogens with two attached hydrogens (primary N) is 1. The smallest absolute Gasteiger partial charge is 0.410 e. The molecule has 31 heavy (non-hydrogen) atoms. The molecule has 2 aromatic heterocycles. The van der Waals surface area contributed by atoms with Gasteiger partial charge in [0.05, 0.1) is 30.6 Å². The number of alkyl halides is 2. The molecule has 0 aromatic carbocycles. The number of carbonyl (C=O) groups is 1. The van der Waals surface area contributed by atoms with Crippen molar-refractivity contribution >= 4 is 29.6 Å². The van der Waals surface area contributed by atoms with Crippen LogP contribution in [-0.2, 0) is 4.74 Å². The lowest BCUT2D eigenvalue weighted by molar-refractivity contribution is -0.0524. The number of amides is 1. The summed E-state index contributed by atoms with van der Waals surface area (Å²) in [5, 5.41) is 0.681. The van der Waals surface area contributed by atoms with Crippen molar-refractivity contribution in [1.29, 1.82) is 0 Å². The monoisotopic (exact) mass is 453 g/mol. The van der Waals surface area contributed by atoms with Crippen molar-refractivity contribution < 1.29 is 23.0 Å². The summed E-state index contributed by atoms with van der Waals surface area (Å²) >= 11 is 1.41. The third kappa shape index (κ3) is 4.27. The van der Waals surface area contributed by atoms with Crippen LogP contribution in [0.5, 0.6) is 5.88 Å². The standard InChI is InChI=1S/C18H21F2N7O3S/c1-3-29-18(28)27-8-9-4-10(27)7-26(9)17-24-11(5-13(25-17)31-2)12-6-22-14(21)15(23-12)30-16(19)20/h5-6,9-10,16H,3-4,7-8H2,1-2H3,(H2,21,22)/t9-,10-/m0/s1. The Labute approximate surface area is 181 Å². The quantitative estimate of drug-likeness (QED) is 0.515. The Kier molecular flexibility index (Phi) is 5.94. The van der Waals surface area contributed by atoms with Crippen LogP contribution < -0.4 is 15.4 Å². The Balaban J connectivity index is 1.61. The number of nitrogens with zero attached hydrogens (tertiary/aromatic N) is 6. The molecular weight excluding hydrogens is 432 g/mol. The van der Waals surface area contributed by atoms with Crippen LogP contribution in [0, 0.1) is 0 Å². The van der Waals surface area contributed by atoms with Crippen molar-refractivity contribution in [1.82, 2.24) is 24.8 Å². The highest BCUT2D eigenvalue weighted by Gasteiger charge is 2.47. The normalized spacial score (nSPS) is 19.9.